The maximum Gasteiger partial charge on any atom is 0.119 e. The van der Waals surface area contributed by atoms with Gasteiger partial charge in [-0.05, 0) is 55.0 Å². The molecule has 0 aromatic heterocycles. The first-order chi connectivity index (χ1) is 11.3. The Kier molecular flexibility index (Phi) is 5.71. The highest BCUT2D eigenvalue weighted by Crippen LogP contribution is 2.22. The van der Waals surface area contributed by atoms with Gasteiger partial charge in [-0.2, -0.15) is 0 Å². The minimum Gasteiger partial charge on any atom is -0.494 e. The Bertz CT molecular complexity index is 579. The number of piperidine rings is 1. The SMILES string of the molecule is CC1CCCN(CCCOc2ccc(-c3ccccc3)cc2)C1. The van der Waals surface area contributed by atoms with Crippen LogP contribution in [0.15, 0.2) is 54.6 Å². The van der Waals surface area contributed by atoms with Crippen molar-refractivity contribution in [2.24, 2.45) is 5.92 Å². The molecule has 0 aliphatic carbocycles. The Labute approximate surface area is 140 Å². The number of rotatable bonds is 6. The summed E-state index contributed by atoms with van der Waals surface area (Å²) in [6, 6.07) is 18.9. The Hall–Kier alpha value is -1.80. The number of ether oxygens (including phenoxy) is 1. The van der Waals surface area contributed by atoms with E-state index in [4.69, 9.17) is 4.74 Å². The molecule has 0 radical (unpaired) electrons. The van der Waals surface area contributed by atoms with Gasteiger partial charge < -0.3 is 9.64 Å². The van der Waals surface area contributed by atoms with Crippen molar-refractivity contribution < 1.29 is 4.74 Å². The third-order valence-corrected chi connectivity index (χ3v) is 4.59. The van der Waals surface area contributed by atoms with Crippen LogP contribution in [0.5, 0.6) is 5.75 Å². The van der Waals surface area contributed by atoms with E-state index in [1.807, 2.05) is 6.07 Å². The van der Waals surface area contributed by atoms with Crippen LogP contribution in [0.3, 0.4) is 0 Å². The van der Waals surface area contributed by atoms with E-state index in [9.17, 15) is 0 Å². The van der Waals surface area contributed by atoms with Gasteiger partial charge in [0.25, 0.3) is 0 Å². The maximum absolute atomic E-state index is 5.89. The standard InChI is InChI=1S/C21H27NO/c1-18-7-5-14-22(17-18)15-6-16-23-21-12-10-20(11-13-21)19-8-3-2-4-9-19/h2-4,8-13,18H,5-7,14-17H2,1H3. The molecule has 1 atom stereocenters. The smallest absolute Gasteiger partial charge is 0.119 e. The summed E-state index contributed by atoms with van der Waals surface area (Å²) in [5.41, 5.74) is 2.48. The van der Waals surface area contributed by atoms with Gasteiger partial charge in [-0.15, -0.1) is 0 Å². The number of benzene rings is 2. The van der Waals surface area contributed by atoms with E-state index in [0.29, 0.717) is 0 Å². The Morgan fingerprint density at radius 2 is 1.74 bits per heavy atom. The molecular formula is C21H27NO. The van der Waals surface area contributed by atoms with E-state index < -0.39 is 0 Å². The van der Waals surface area contributed by atoms with Crippen molar-refractivity contribution in [3.8, 4) is 16.9 Å². The van der Waals surface area contributed by atoms with E-state index in [1.165, 1.54) is 37.1 Å². The lowest BCUT2D eigenvalue weighted by molar-refractivity contribution is 0.170. The van der Waals surface area contributed by atoms with Crippen LogP contribution in [0.1, 0.15) is 26.2 Å². The summed E-state index contributed by atoms with van der Waals surface area (Å²) in [5.74, 6) is 1.83. The molecule has 0 bridgehead atoms. The lowest BCUT2D eigenvalue weighted by Gasteiger charge is -2.30. The fourth-order valence-electron chi connectivity index (χ4n) is 3.34. The molecule has 1 heterocycles. The highest BCUT2D eigenvalue weighted by molar-refractivity contribution is 5.63. The largest absolute Gasteiger partial charge is 0.494 e. The lowest BCUT2D eigenvalue weighted by Crippen LogP contribution is -2.35. The van der Waals surface area contributed by atoms with Crippen LogP contribution in [0.25, 0.3) is 11.1 Å². The predicted molar refractivity (Wildman–Crippen MR) is 96.8 cm³/mol. The van der Waals surface area contributed by atoms with Crippen molar-refractivity contribution in [3.05, 3.63) is 54.6 Å². The molecule has 0 N–H and O–H groups in total. The Balaban J connectivity index is 1.42. The van der Waals surface area contributed by atoms with Gasteiger partial charge in [-0.25, -0.2) is 0 Å². The molecule has 0 amide bonds. The van der Waals surface area contributed by atoms with Crippen LogP contribution in [-0.2, 0) is 0 Å². The third kappa shape index (κ3) is 4.84. The van der Waals surface area contributed by atoms with Crippen LogP contribution >= 0.6 is 0 Å². The van der Waals surface area contributed by atoms with Gasteiger partial charge in [0.1, 0.15) is 5.75 Å². The molecule has 1 aliphatic heterocycles. The molecule has 1 aliphatic rings. The summed E-state index contributed by atoms with van der Waals surface area (Å²) in [6.45, 7) is 6.83. The Morgan fingerprint density at radius 3 is 2.48 bits per heavy atom. The van der Waals surface area contributed by atoms with Crippen LogP contribution in [0.2, 0.25) is 0 Å². The number of hydrogen-bond acceptors (Lipinski definition) is 2. The van der Waals surface area contributed by atoms with Crippen molar-refractivity contribution in [3.63, 3.8) is 0 Å². The molecule has 3 rings (SSSR count). The monoisotopic (exact) mass is 309 g/mol. The number of nitrogens with zero attached hydrogens (tertiary/aromatic N) is 1. The fraction of sp³-hybridized carbons (Fsp3) is 0.429. The molecule has 2 nitrogen and oxygen atoms in total. The first-order valence-corrected chi connectivity index (χ1v) is 8.82. The zero-order valence-corrected chi connectivity index (χ0v) is 14.1. The molecule has 122 valence electrons. The van der Waals surface area contributed by atoms with Crippen molar-refractivity contribution in [2.45, 2.75) is 26.2 Å². The predicted octanol–water partition coefficient (Wildman–Crippen LogP) is 4.85. The summed E-state index contributed by atoms with van der Waals surface area (Å²) in [7, 11) is 0. The number of hydrogen-bond donors (Lipinski definition) is 0. The molecule has 23 heavy (non-hydrogen) atoms. The maximum atomic E-state index is 5.89. The molecule has 1 unspecified atom stereocenters. The molecule has 2 aromatic carbocycles. The average Bonchev–Trinajstić information content (AvgIpc) is 2.60. The quantitative estimate of drug-likeness (QED) is 0.707. The molecular weight excluding hydrogens is 282 g/mol. The van der Waals surface area contributed by atoms with Gasteiger partial charge in [0, 0.05) is 13.1 Å². The average molecular weight is 309 g/mol. The summed E-state index contributed by atoms with van der Waals surface area (Å²) >= 11 is 0. The molecule has 2 aromatic rings. The first kappa shape index (κ1) is 16.1. The van der Waals surface area contributed by atoms with Gasteiger partial charge in [0.05, 0.1) is 6.61 Å². The highest BCUT2D eigenvalue weighted by Gasteiger charge is 2.15. The highest BCUT2D eigenvalue weighted by atomic mass is 16.5. The minimum absolute atomic E-state index is 0.801. The van der Waals surface area contributed by atoms with E-state index in [-0.39, 0.29) is 0 Å². The van der Waals surface area contributed by atoms with E-state index in [0.717, 1.165) is 31.2 Å². The van der Waals surface area contributed by atoms with Gasteiger partial charge >= 0.3 is 0 Å². The van der Waals surface area contributed by atoms with Crippen LogP contribution in [-0.4, -0.2) is 31.1 Å². The number of likely N-dealkylation sites (tertiary alicyclic amines) is 1. The molecule has 0 saturated carbocycles. The van der Waals surface area contributed by atoms with Gasteiger partial charge in [-0.3, -0.25) is 0 Å². The summed E-state index contributed by atoms with van der Waals surface area (Å²) in [6.07, 6.45) is 3.84. The lowest BCUT2D eigenvalue weighted by atomic mass is 10.0. The molecule has 1 fully saturated rings. The van der Waals surface area contributed by atoms with Gasteiger partial charge in [-0.1, -0.05) is 49.4 Å². The second-order valence-electron chi connectivity index (χ2n) is 6.64. The van der Waals surface area contributed by atoms with Crippen molar-refractivity contribution in [1.29, 1.82) is 0 Å². The van der Waals surface area contributed by atoms with E-state index >= 15 is 0 Å². The van der Waals surface area contributed by atoms with Crippen molar-refractivity contribution >= 4 is 0 Å². The summed E-state index contributed by atoms with van der Waals surface area (Å²) < 4.78 is 5.89. The second kappa shape index (κ2) is 8.16. The van der Waals surface area contributed by atoms with Crippen LogP contribution < -0.4 is 4.74 Å². The van der Waals surface area contributed by atoms with Gasteiger partial charge in [0.2, 0.25) is 0 Å². The molecule has 0 spiro atoms. The molecule has 1 saturated heterocycles. The van der Waals surface area contributed by atoms with Gasteiger partial charge in [0.15, 0.2) is 0 Å². The van der Waals surface area contributed by atoms with Crippen LogP contribution in [0, 0.1) is 5.92 Å². The first-order valence-electron chi connectivity index (χ1n) is 8.82. The summed E-state index contributed by atoms with van der Waals surface area (Å²) in [4.78, 5) is 2.58. The molecule has 2 heteroatoms. The van der Waals surface area contributed by atoms with Crippen LogP contribution in [0.4, 0.5) is 0 Å². The van der Waals surface area contributed by atoms with E-state index in [1.54, 1.807) is 0 Å². The zero-order chi connectivity index (χ0) is 15.9. The zero-order valence-electron chi connectivity index (χ0n) is 14.1. The summed E-state index contributed by atoms with van der Waals surface area (Å²) in [5, 5.41) is 0. The normalized spacial score (nSPS) is 18.7. The van der Waals surface area contributed by atoms with E-state index in [2.05, 4.69) is 60.4 Å². The van der Waals surface area contributed by atoms with Crippen molar-refractivity contribution in [2.75, 3.05) is 26.2 Å². The second-order valence-corrected chi connectivity index (χ2v) is 6.64. The minimum atomic E-state index is 0.801. The Morgan fingerprint density at radius 1 is 1.00 bits per heavy atom. The fourth-order valence-corrected chi connectivity index (χ4v) is 3.34. The van der Waals surface area contributed by atoms with Crippen molar-refractivity contribution in [1.82, 2.24) is 4.90 Å². The topological polar surface area (TPSA) is 12.5 Å². The third-order valence-electron chi connectivity index (χ3n) is 4.59.